The molecule has 2 aliphatic rings. The average molecular weight is 401 g/mol. The molecule has 2 aliphatic heterocycles. The molecule has 0 aliphatic carbocycles. The molecule has 0 bridgehead atoms. The second-order valence-corrected chi connectivity index (χ2v) is 7.74. The van der Waals surface area contributed by atoms with E-state index in [1.165, 1.54) is 16.9 Å². The highest BCUT2D eigenvalue weighted by atomic mass is 16.5. The number of hydrogen-bond donors (Lipinski definition) is 0. The molecule has 2 saturated heterocycles. The number of benzene rings is 1. The van der Waals surface area contributed by atoms with Gasteiger partial charge in [0, 0.05) is 33.5 Å². The quantitative estimate of drug-likeness (QED) is 0.682. The van der Waals surface area contributed by atoms with E-state index in [0.29, 0.717) is 13.0 Å². The van der Waals surface area contributed by atoms with E-state index in [2.05, 4.69) is 0 Å². The van der Waals surface area contributed by atoms with E-state index in [4.69, 9.17) is 4.74 Å². The van der Waals surface area contributed by atoms with E-state index in [9.17, 15) is 19.2 Å². The van der Waals surface area contributed by atoms with Gasteiger partial charge in [-0.05, 0) is 12.0 Å². The van der Waals surface area contributed by atoms with Crippen LogP contribution in [-0.2, 0) is 23.9 Å². The number of ether oxygens (including phenoxy) is 1. The van der Waals surface area contributed by atoms with Gasteiger partial charge in [-0.3, -0.25) is 19.2 Å². The number of methoxy groups -OCH3 is 1. The van der Waals surface area contributed by atoms with Gasteiger partial charge < -0.3 is 19.4 Å². The Morgan fingerprint density at radius 3 is 2.45 bits per heavy atom. The first-order chi connectivity index (χ1) is 13.8. The van der Waals surface area contributed by atoms with Crippen molar-refractivity contribution in [2.75, 3.05) is 34.3 Å². The largest absolute Gasteiger partial charge is 0.469 e. The zero-order chi connectivity index (χ0) is 21.1. The SMILES string of the molecule is COC(=O)[C@H]1C[C@H]2CN(C(=O)CCC(=O)N(C)C)CC(=O)N2[C@H]1c1ccccc1. The lowest BCUT2D eigenvalue weighted by Gasteiger charge is -2.40. The van der Waals surface area contributed by atoms with Crippen LogP contribution in [0, 0.1) is 5.92 Å². The molecule has 0 aromatic heterocycles. The van der Waals surface area contributed by atoms with Crippen molar-refractivity contribution in [1.29, 1.82) is 0 Å². The fourth-order valence-electron chi connectivity index (χ4n) is 4.25. The molecular weight excluding hydrogens is 374 g/mol. The van der Waals surface area contributed by atoms with Gasteiger partial charge in [0.25, 0.3) is 0 Å². The van der Waals surface area contributed by atoms with E-state index in [-0.39, 0.29) is 49.1 Å². The number of rotatable bonds is 5. The van der Waals surface area contributed by atoms with Crippen molar-refractivity contribution in [1.82, 2.24) is 14.7 Å². The lowest BCUT2D eigenvalue weighted by Crippen LogP contribution is -2.56. The average Bonchev–Trinajstić information content (AvgIpc) is 3.11. The van der Waals surface area contributed by atoms with E-state index < -0.39 is 12.0 Å². The number of fused-ring (bicyclic) bond motifs is 1. The van der Waals surface area contributed by atoms with Gasteiger partial charge in [0.05, 0.1) is 31.7 Å². The molecule has 0 unspecified atom stereocenters. The molecule has 1 aromatic carbocycles. The highest BCUT2D eigenvalue weighted by Gasteiger charge is 2.51. The molecule has 8 heteroatoms. The smallest absolute Gasteiger partial charge is 0.311 e. The van der Waals surface area contributed by atoms with Crippen molar-refractivity contribution < 1.29 is 23.9 Å². The number of carbonyl (C=O) groups is 4. The molecule has 0 saturated carbocycles. The summed E-state index contributed by atoms with van der Waals surface area (Å²) in [5.41, 5.74) is 0.884. The van der Waals surface area contributed by atoms with Gasteiger partial charge >= 0.3 is 5.97 Å². The van der Waals surface area contributed by atoms with Crippen LogP contribution < -0.4 is 0 Å². The summed E-state index contributed by atoms with van der Waals surface area (Å²) < 4.78 is 4.99. The Hall–Kier alpha value is -2.90. The van der Waals surface area contributed by atoms with Gasteiger partial charge in [0.15, 0.2) is 0 Å². The monoisotopic (exact) mass is 401 g/mol. The Morgan fingerprint density at radius 2 is 1.83 bits per heavy atom. The zero-order valence-electron chi connectivity index (χ0n) is 17.0. The summed E-state index contributed by atoms with van der Waals surface area (Å²) in [5, 5.41) is 0. The van der Waals surface area contributed by atoms with Crippen molar-refractivity contribution in [2.45, 2.75) is 31.3 Å². The third-order valence-electron chi connectivity index (χ3n) is 5.69. The maximum absolute atomic E-state index is 13.0. The Morgan fingerprint density at radius 1 is 1.14 bits per heavy atom. The minimum atomic E-state index is -0.471. The maximum Gasteiger partial charge on any atom is 0.311 e. The molecule has 29 heavy (non-hydrogen) atoms. The molecule has 1 aromatic rings. The van der Waals surface area contributed by atoms with Crippen molar-refractivity contribution in [3.05, 3.63) is 35.9 Å². The van der Waals surface area contributed by atoms with Crippen LogP contribution in [-0.4, -0.2) is 78.7 Å². The summed E-state index contributed by atoms with van der Waals surface area (Å²) in [6.07, 6.45) is 0.625. The highest BCUT2D eigenvalue weighted by molar-refractivity contribution is 5.89. The Labute approximate surface area is 170 Å². The van der Waals surface area contributed by atoms with Crippen LogP contribution in [0.25, 0.3) is 0 Å². The predicted octanol–water partition coefficient (Wildman–Crippen LogP) is 0.828. The lowest BCUT2D eigenvalue weighted by molar-refractivity contribution is -0.151. The second kappa shape index (κ2) is 8.63. The number of carbonyl (C=O) groups excluding carboxylic acids is 4. The summed E-state index contributed by atoms with van der Waals surface area (Å²) in [5.74, 6) is -1.35. The topological polar surface area (TPSA) is 87.2 Å². The Bertz CT molecular complexity index is 795. The van der Waals surface area contributed by atoms with Crippen molar-refractivity contribution >= 4 is 23.7 Å². The Kier molecular flexibility index (Phi) is 6.20. The molecule has 2 heterocycles. The third-order valence-corrected chi connectivity index (χ3v) is 5.69. The molecule has 0 N–H and O–H groups in total. The van der Waals surface area contributed by atoms with E-state index >= 15 is 0 Å². The van der Waals surface area contributed by atoms with Crippen LogP contribution in [0.5, 0.6) is 0 Å². The van der Waals surface area contributed by atoms with Gasteiger partial charge in [-0.25, -0.2) is 0 Å². The molecule has 3 rings (SSSR count). The Balaban J connectivity index is 1.77. The molecule has 3 amide bonds. The van der Waals surface area contributed by atoms with Gasteiger partial charge in [-0.2, -0.15) is 0 Å². The number of piperazine rings is 1. The van der Waals surface area contributed by atoms with Crippen molar-refractivity contribution in [2.24, 2.45) is 5.92 Å². The number of hydrogen-bond acceptors (Lipinski definition) is 5. The summed E-state index contributed by atoms with van der Waals surface area (Å²) in [4.78, 5) is 54.4. The minimum absolute atomic E-state index is 0.0390. The first kappa shape index (κ1) is 20.8. The first-order valence-corrected chi connectivity index (χ1v) is 9.75. The molecule has 2 fully saturated rings. The van der Waals surface area contributed by atoms with Gasteiger partial charge in [-0.15, -0.1) is 0 Å². The molecular formula is C21H27N3O5. The summed E-state index contributed by atoms with van der Waals surface area (Å²) in [7, 11) is 4.63. The lowest BCUT2D eigenvalue weighted by atomic mass is 9.93. The van der Waals surface area contributed by atoms with Crippen LogP contribution in [0.4, 0.5) is 0 Å². The molecule has 0 spiro atoms. The van der Waals surface area contributed by atoms with E-state index in [1.807, 2.05) is 30.3 Å². The molecule has 8 nitrogen and oxygen atoms in total. The van der Waals surface area contributed by atoms with Crippen LogP contribution in [0.3, 0.4) is 0 Å². The fourth-order valence-corrected chi connectivity index (χ4v) is 4.25. The number of amides is 3. The number of nitrogens with zero attached hydrogens (tertiary/aromatic N) is 3. The van der Waals surface area contributed by atoms with Crippen molar-refractivity contribution in [3.63, 3.8) is 0 Å². The second-order valence-electron chi connectivity index (χ2n) is 7.74. The van der Waals surface area contributed by atoms with Gasteiger partial charge in [0.2, 0.25) is 17.7 Å². The van der Waals surface area contributed by atoms with Gasteiger partial charge in [0.1, 0.15) is 0 Å². The third kappa shape index (κ3) is 4.26. The predicted molar refractivity (Wildman–Crippen MR) is 104 cm³/mol. The summed E-state index contributed by atoms with van der Waals surface area (Å²) >= 11 is 0. The fraction of sp³-hybridized carbons (Fsp3) is 0.524. The minimum Gasteiger partial charge on any atom is -0.469 e. The highest BCUT2D eigenvalue weighted by Crippen LogP contribution is 2.43. The summed E-state index contributed by atoms with van der Waals surface area (Å²) in [6, 6.07) is 8.80. The van der Waals surface area contributed by atoms with Crippen LogP contribution >= 0.6 is 0 Å². The van der Waals surface area contributed by atoms with Crippen LogP contribution in [0.15, 0.2) is 30.3 Å². The molecule has 3 atom stereocenters. The van der Waals surface area contributed by atoms with Crippen molar-refractivity contribution in [3.8, 4) is 0 Å². The van der Waals surface area contributed by atoms with Crippen LogP contribution in [0.1, 0.15) is 30.9 Å². The zero-order valence-corrected chi connectivity index (χ0v) is 17.0. The molecule has 156 valence electrons. The normalized spacial score (nSPS) is 23.6. The van der Waals surface area contributed by atoms with Gasteiger partial charge in [-0.1, -0.05) is 30.3 Å². The maximum atomic E-state index is 13.0. The first-order valence-electron chi connectivity index (χ1n) is 9.75. The van der Waals surface area contributed by atoms with E-state index in [0.717, 1.165) is 5.56 Å². The number of esters is 1. The van der Waals surface area contributed by atoms with Crippen LogP contribution in [0.2, 0.25) is 0 Å². The summed E-state index contributed by atoms with van der Waals surface area (Å²) in [6.45, 7) is 0.320. The molecule has 0 radical (unpaired) electrons. The van der Waals surface area contributed by atoms with E-state index in [1.54, 1.807) is 19.0 Å². The standard InChI is InChI=1S/C21H27N3O5/c1-22(2)17(25)9-10-18(26)23-12-15-11-16(21(28)29-3)20(24(15)19(27)13-23)14-7-5-4-6-8-14/h4-8,15-16,20H,9-13H2,1-3H3/t15-,16-,20-/m0/s1.